The topological polar surface area (TPSA) is 83.1 Å². The van der Waals surface area contributed by atoms with Gasteiger partial charge >= 0.3 is 5.97 Å². The molecule has 0 saturated carbocycles. The SMILES string of the molecule is COc1cc(C(=O)OCC(=O)N[C@@H](C)c2cccc(Cl)c2)cc(OC)c1OC. The summed E-state index contributed by atoms with van der Waals surface area (Å²) in [5.74, 6) is -0.145. The van der Waals surface area contributed by atoms with Crippen LogP contribution in [-0.2, 0) is 9.53 Å². The summed E-state index contributed by atoms with van der Waals surface area (Å²) in [7, 11) is 4.35. The molecule has 2 aromatic carbocycles. The van der Waals surface area contributed by atoms with Gasteiger partial charge in [-0.3, -0.25) is 4.79 Å². The van der Waals surface area contributed by atoms with E-state index in [2.05, 4.69) is 5.32 Å². The zero-order chi connectivity index (χ0) is 20.7. The van der Waals surface area contributed by atoms with Gasteiger partial charge in [-0.25, -0.2) is 4.79 Å². The van der Waals surface area contributed by atoms with Gasteiger partial charge in [-0.05, 0) is 36.8 Å². The highest BCUT2D eigenvalue weighted by atomic mass is 35.5. The van der Waals surface area contributed by atoms with E-state index in [0.29, 0.717) is 22.3 Å². The zero-order valence-electron chi connectivity index (χ0n) is 16.1. The highest BCUT2D eigenvalue weighted by Crippen LogP contribution is 2.38. The lowest BCUT2D eigenvalue weighted by Gasteiger charge is -2.15. The molecular weight excluding hydrogens is 386 g/mol. The molecule has 0 spiro atoms. The second-order valence-electron chi connectivity index (χ2n) is 5.83. The lowest BCUT2D eigenvalue weighted by molar-refractivity contribution is -0.124. The van der Waals surface area contributed by atoms with E-state index in [9.17, 15) is 9.59 Å². The maximum Gasteiger partial charge on any atom is 0.338 e. The van der Waals surface area contributed by atoms with E-state index in [1.54, 1.807) is 18.2 Å². The first-order valence-corrected chi connectivity index (χ1v) is 8.79. The fourth-order valence-corrected chi connectivity index (χ4v) is 2.75. The van der Waals surface area contributed by atoms with Gasteiger partial charge in [0.1, 0.15) is 0 Å². The fraction of sp³-hybridized carbons (Fsp3) is 0.300. The smallest absolute Gasteiger partial charge is 0.338 e. The van der Waals surface area contributed by atoms with Crippen LogP contribution in [0.5, 0.6) is 17.2 Å². The van der Waals surface area contributed by atoms with E-state index in [1.807, 2.05) is 13.0 Å². The number of ether oxygens (including phenoxy) is 4. The molecule has 0 heterocycles. The van der Waals surface area contributed by atoms with Crippen LogP contribution in [0.15, 0.2) is 36.4 Å². The number of benzene rings is 2. The number of rotatable bonds is 8. The van der Waals surface area contributed by atoms with Crippen LogP contribution in [0.4, 0.5) is 0 Å². The summed E-state index contributed by atoms with van der Waals surface area (Å²) in [6, 6.07) is 9.77. The van der Waals surface area contributed by atoms with Crippen LogP contribution < -0.4 is 19.5 Å². The molecule has 0 aromatic heterocycles. The number of esters is 1. The summed E-state index contributed by atoms with van der Waals surface area (Å²) in [5.41, 5.74) is 1.02. The van der Waals surface area contributed by atoms with Gasteiger partial charge in [0.2, 0.25) is 5.75 Å². The molecule has 2 rings (SSSR count). The molecular formula is C20H22ClNO6. The van der Waals surface area contributed by atoms with Crippen molar-refractivity contribution in [1.82, 2.24) is 5.32 Å². The molecule has 1 N–H and O–H groups in total. The molecule has 0 aliphatic heterocycles. The van der Waals surface area contributed by atoms with E-state index in [4.69, 9.17) is 30.5 Å². The van der Waals surface area contributed by atoms with Crippen LogP contribution in [-0.4, -0.2) is 39.8 Å². The van der Waals surface area contributed by atoms with Gasteiger partial charge in [-0.1, -0.05) is 23.7 Å². The third-order valence-corrected chi connectivity index (χ3v) is 4.20. The van der Waals surface area contributed by atoms with Gasteiger partial charge in [0.25, 0.3) is 5.91 Å². The lowest BCUT2D eigenvalue weighted by Crippen LogP contribution is -2.31. The van der Waals surface area contributed by atoms with E-state index < -0.39 is 18.5 Å². The molecule has 0 radical (unpaired) electrons. The summed E-state index contributed by atoms with van der Waals surface area (Å²) in [5, 5.41) is 3.33. The Bertz CT molecular complexity index is 829. The second kappa shape index (κ2) is 9.85. The van der Waals surface area contributed by atoms with Crippen molar-refractivity contribution in [2.24, 2.45) is 0 Å². The molecule has 0 aliphatic carbocycles. The normalized spacial score (nSPS) is 11.3. The predicted octanol–water partition coefficient (Wildman–Crippen LogP) is 3.40. The Morgan fingerprint density at radius 3 is 2.21 bits per heavy atom. The van der Waals surface area contributed by atoms with Crippen LogP contribution in [0.3, 0.4) is 0 Å². The van der Waals surface area contributed by atoms with Crippen LogP contribution in [0.25, 0.3) is 0 Å². The molecule has 7 nitrogen and oxygen atoms in total. The van der Waals surface area contributed by atoms with Gasteiger partial charge < -0.3 is 24.3 Å². The van der Waals surface area contributed by atoms with E-state index in [0.717, 1.165) is 5.56 Å². The summed E-state index contributed by atoms with van der Waals surface area (Å²) in [4.78, 5) is 24.4. The zero-order valence-corrected chi connectivity index (χ0v) is 16.8. The number of carbonyl (C=O) groups excluding carboxylic acids is 2. The molecule has 1 amide bonds. The molecule has 0 bridgehead atoms. The standard InChI is InChI=1S/C20H22ClNO6/c1-12(13-6-5-7-15(21)8-13)22-18(23)11-28-20(24)14-9-16(25-2)19(27-4)17(10-14)26-3/h5-10,12H,11H2,1-4H3,(H,22,23)/t12-/m0/s1. The Hall–Kier alpha value is -2.93. The molecule has 0 unspecified atom stereocenters. The van der Waals surface area contributed by atoms with Gasteiger partial charge in [0.05, 0.1) is 32.9 Å². The summed E-state index contributed by atoms with van der Waals surface area (Å²) in [6.07, 6.45) is 0. The van der Waals surface area contributed by atoms with E-state index in [1.165, 1.54) is 33.5 Å². The number of nitrogens with one attached hydrogen (secondary N) is 1. The van der Waals surface area contributed by atoms with Crippen LogP contribution >= 0.6 is 11.6 Å². The number of hydrogen-bond acceptors (Lipinski definition) is 6. The highest BCUT2D eigenvalue weighted by Gasteiger charge is 2.19. The second-order valence-corrected chi connectivity index (χ2v) is 6.27. The van der Waals surface area contributed by atoms with Crippen molar-refractivity contribution >= 4 is 23.5 Å². The monoisotopic (exact) mass is 407 g/mol. The van der Waals surface area contributed by atoms with Gasteiger partial charge in [0, 0.05) is 5.02 Å². The summed E-state index contributed by atoms with van der Waals surface area (Å²) >= 11 is 5.96. The van der Waals surface area contributed by atoms with Crippen molar-refractivity contribution in [1.29, 1.82) is 0 Å². The van der Waals surface area contributed by atoms with Crippen molar-refractivity contribution in [2.45, 2.75) is 13.0 Å². The first-order valence-electron chi connectivity index (χ1n) is 8.41. The number of hydrogen-bond donors (Lipinski definition) is 1. The molecule has 8 heteroatoms. The van der Waals surface area contributed by atoms with Crippen LogP contribution in [0.1, 0.15) is 28.9 Å². The van der Waals surface area contributed by atoms with Crippen LogP contribution in [0, 0.1) is 0 Å². The maximum absolute atomic E-state index is 12.3. The third kappa shape index (κ3) is 5.29. The number of halogens is 1. The molecule has 0 aliphatic rings. The average Bonchev–Trinajstić information content (AvgIpc) is 2.70. The fourth-order valence-electron chi connectivity index (χ4n) is 2.56. The maximum atomic E-state index is 12.3. The van der Waals surface area contributed by atoms with Crippen molar-refractivity contribution in [2.75, 3.05) is 27.9 Å². The van der Waals surface area contributed by atoms with E-state index >= 15 is 0 Å². The average molecular weight is 408 g/mol. The molecule has 2 aromatic rings. The summed E-state index contributed by atoms with van der Waals surface area (Å²) < 4.78 is 20.7. The molecule has 0 fully saturated rings. The Labute approximate surface area is 168 Å². The molecule has 150 valence electrons. The van der Waals surface area contributed by atoms with E-state index in [-0.39, 0.29) is 11.6 Å². The Kier molecular flexibility index (Phi) is 7.52. The largest absolute Gasteiger partial charge is 0.493 e. The Morgan fingerprint density at radius 1 is 1.04 bits per heavy atom. The number of methoxy groups -OCH3 is 3. The van der Waals surface area contributed by atoms with Gasteiger partial charge in [0.15, 0.2) is 18.1 Å². The number of amides is 1. The minimum absolute atomic E-state index is 0.171. The highest BCUT2D eigenvalue weighted by molar-refractivity contribution is 6.30. The third-order valence-electron chi connectivity index (χ3n) is 3.96. The Balaban J connectivity index is 2.00. The number of carbonyl (C=O) groups is 2. The van der Waals surface area contributed by atoms with Gasteiger partial charge in [-0.2, -0.15) is 0 Å². The van der Waals surface area contributed by atoms with Crippen LogP contribution in [0.2, 0.25) is 5.02 Å². The summed E-state index contributed by atoms with van der Waals surface area (Å²) in [6.45, 7) is 1.38. The predicted molar refractivity (Wildman–Crippen MR) is 104 cm³/mol. The molecule has 28 heavy (non-hydrogen) atoms. The van der Waals surface area contributed by atoms with Gasteiger partial charge in [-0.15, -0.1) is 0 Å². The molecule has 1 atom stereocenters. The van der Waals surface area contributed by atoms with Crippen molar-refractivity contribution in [3.8, 4) is 17.2 Å². The first-order chi connectivity index (χ1) is 13.4. The van der Waals surface area contributed by atoms with Crippen molar-refractivity contribution < 1.29 is 28.5 Å². The lowest BCUT2D eigenvalue weighted by atomic mass is 10.1. The molecule has 0 saturated heterocycles. The Morgan fingerprint density at radius 2 is 1.68 bits per heavy atom. The minimum atomic E-state index is -0.690. The minimum Gasteiger partial charge on any atom is -0.493 e. The van der Waals surface area contributed by atoms with Crippen molar-refractivity contribution in [3.05, 3.63) is 52.5 Å². The quantitative estimate of drug-likeness (QED) is 0.675. The van der Waals surface area contributed by atoms with Crippen molar-refractivity contribution in [3.63, 3.8) is 0 Å². The first kappa shape index (κ1) is 21.4.